The fourth-order valence-electron chi connectivity index (χ4n) is 4.48. The van der Waals surface area contributed by atoms with E-state index >= 15 is 0 Å². The fraction of sp³-hybridized carbons (Fsp3) is 0.174. The van der Waals surface area contributed by atoms with Gasteiger partial charge in [-0.15, -0.1) is 11.3 Å². The summed E-state index contributed by atoms with van der Waals surface area (Å²) in [6.07, 6.45) is 3.13. The molecule has 1 aromatic heterocycles. The van der Waals surface area contributed by atoms with Gasteiger partial charge in [0.2, 0.25) is 5.91 Å². The second-order valence-corrected chi connectivity index (χ2v) is 10.0. The van der Waals surface area contributed by atoms with Crippen molar-refractivity contribution >= 4 is 60.9 Å². The zero-order chi connectivity index (χ0) is 19.4. The number of amides is 1. The Balaban J connectivity index is 1.65. The summed E-state index contributed by atoms with van der Waals surface area (Å²) in [5, 5.41) is 5.23. The zero-order valence-electron chi connectivity index (χ0n) is 15.1. The number of carbonyl (C=O) groups is 1. The quantitative estimate of drug-likeness (QED) is 0.399. The summed E-state index contributed by atoms with van der Waals surface area (Å²) >= 11 is 9.08. The van der Waals surface area contributed by atoms with Gasteiger partial charge in [-0.25, -0.2) is 0 Å². The first-order chi connectivity index (χ1) is 13.5. The van der Waals surface area contributed by atoms with Gasteiger partial charge < -0.3 is 5.32 Å². The van der Waals surface area contributed by atoms with Gasteiger partial charge in [0.05, 0.1) is 5.92 Å². The van der Waals surface area contributed by atoms with Gasteiger partial charge in [0.1, 0.15) is 0 Å². The van der Waals surface area contributed by atoms with E-state index in [4.69, 9.17) is 0 Å². The molecule has 5 rings (SSSR count). The van der Waals surface area contributed by atoms with Gasteiger partial charge in [-0.05, 0) is 68.7 Å². The van der Waals surface area contributed by atoms with Crippen molar-refractivity contribution < 1.29 is 4.79 Å². The lowest BCUT2D eigenvalue weighted by atomic mass is 9.78. The molecule has 5 heteroatoms. The van der Waals surface area contributed by atoms with Crippen LogP contribution in [0, 0.1) is 6.92 Å². The van der Waals surface area contributed by atoms with Crippen LogP contribution in [0.15, 0.2) is 62.4 Å². The highest BCUT2D eigenvalue weighted by Crippen LogP contribution is 2.52. The van der Waals surface area contributed by atoms with Crippen molar-refractivity contribution in [3.8, 4) is 0 Å². The van der Waals surface area contributed by atoms with Gasteiger partial charge in [-0.3, -0.25) is 4.79 Å². The molecule has 0 radical (unpaired) electrons. The lowest BCUT2D eigenvalue weighted by molar-refractivity contribution is -0.117. The third-order valence-electron chi connectivity index (χ3n) is 5.76. The molecule has 0 saturated carbocycles. The summed E-state index contributed by atoms with van der Waals surface area (Å²) < 4.78 is 2.19. The minimum absolute atomic E-state index is 0.0550. The van der Waals surface area contributed by atoms with Crippen molar-refractivity contribution in [1.29, 1.82) is 0 Å². The molecule has 0 spiro atoms. The van der Waals surface area contributed by atoms with Gasteiger partial charge in [0.25, 0.3) is 0 Å². The summed E-state index contributed by atoms with van der Waals surface area (Å²) in [4.78, 5) is 14.4. The van der Waals surface area contributed by atoms with Gasteiger partial charge >= 0.3 is 0 Å². The van der Waals surface area contributed by atoms with Gasteiger partial charge in [0, 0.05) is 31.8 Å². The molecule has 0 bridgehead atoms. The molecule has 3 aromatic rings. The minimum atomic E-state index is -0.207. The third-order valence-corrected chi connectivity index (χ3v) is 8.55. The molecule has 2 aliphatic rings. The predicted molar refractivity (Wildman–Crippen MR) is 123 cm³/mol. The fourth-order valence-corrected chi connectivity index (χ4v) is 6.35. The van der Waals surface area contributed by atoms with Crippen LogP contribution >= 0.6 is 43.2 Å². The Kier molecular flexibility index (Phi) is 4.57. The first-order valence-electron chi connectivity index (χ1n) is 9.15. The van der Waals surface area contributed by atoms with Gasteiger partial charge in [-0.2, -0.15) is 0 Å². The molecule has 1 aliphatic carbocycles. The van der Waals surface area contributed by atoms with E-state index in [0.717, 1.165) is 32.2 Å². The highest BCUT2D eigenvalue weighted by atomic mass is 79.9. The maximum Gasteiger partial charge on any atom is 0.232 e. The van der Waals surface area contributed by atoms with Gasteiger partial charge in [0.15, 0.2) is 0 Å². The summed E-state index contributed by atoms with van der Waals surface area (Å²) in [6, 6.07) is 14.6. The molecular formula is C23H17Br2NOS. The topological polar surface area (TPSA) is 29.1 Å². The molecule has 2 nitrogen and oxygen atoms in total. The van der Waals surface area contributed by atoms with Crippen LogP contribution in [-0.2, 0) is 11.2 Å². The lowest BCUT2D eigenvalue weighted by Crippen LogP contribution is -2.21. The van der Waals surface area contributed by atoms with E-state index in [1.807, 2.05) is 12.1 Å². The van der Waals surface area contributed by atoms with Crippen molar-refractivity contribution in [3.63, 3.8) is 0 Å². The zero-order valence-corrected chi connectivity index (χ0v) is 19.1. The van der Waals surface area contributed by atoms with Crippen LogP contribution in [0.1, 0.15) is 39.0 Å². The molecule has 0 saturated heterocycles. The monoisotopic (exact) mass is 513 g/mol. The average molecular weight is 515 g/mol. The van der Waals surface area contributed by atoms with Crippen LogP contribution in [0.5, 0.6) is 0 Å². The average Bonchev–Trinajstić information content (AvgIpc) is 3.34. The highest BCUT2D eigenvalue weighted by molar-refractivity contribution is 9.10. The maximum absolute atomic E-state index is 13.1. The second-order valence-electron chi connectivity index (χ2n) is 7.29. The molecule has 2 aromatic carbocycles. The molecule has 2 heterocycles. The van der Waals surface area contributed by atoms with Crippen LogP contribution in [-0.4, -0.2) is 5.91 Å². The standard InChI is InChI=1S/C23H17Br2NOS/c1-12-16(24)6-7-18-20(12)22(23(27)26-18)21-14(11-19-17(25)8-9-28-19)10-13-4-2-3-5-15(13)21/h2-10,21-22H,11H2,1H3,(H,26,27). The van der Waals surface area contributed by atoms with E-state index in [-0.39, 0.29) is 17.7 Å². The summed E-state index contributed by atoms with van der Waals surface area (Å²) in [6.45, 7) is 2.09. The lowest BCUT2D eigenvalue weighted by Gasteiger charge is -2.24. The van der Waals surface area contributed by atoms with E-state index in [9.17, 15) is 4.79 Å². The number of hydrogen-bond acceptors (Lipinski definition) is 2. The number of halogens is 2. The SMILES string of the molecule is Cc1c(Br)ccc2c1C(C1C(Cc3sccc3Br)=Cc3ccccc31)C(=O)N2. The highest BCUT2D eigenvalue weighted by Gasteiger charge is 2.43. The minimum Gasteiger partial charge on any atom is -0.325 e. The largest absolute Gasteiger partial charge is 0.325 e. The van der Waals surface area contributed by atoms with Crippen LogP contribution in [0.4, 0.5) is 5.69 Å². The number of anilines is 1. The molecule has 1 amide bonds. The van der Waals surface area contributed by atoms with Crippen molar-refractivity contribution in [2.75, 3.05) is 5.32 Å². The van der Waals surface area contributed by atoms with Crippen LogP contribution in [0.3, 0.4) is 0 Å². The molecular weight excluding hydrogens is 498 g/mol. The molecule has 1 N–H and O–H groups in total. The number of allylic oxidation sites excluding steroid dienone is 1. The smallest absolute Gasteiger partial charge is 0.232 e. The number of nitrogens with one attached hydrogen (secondary N) is 1. The van der Waals surface area contributed by atoms with Crippen molar-refractivity contribution in [3.05, 3.63) is 89.5 Å². The van der Waals surface area contributed by atoms with E-state index < -0.39 is 0 Å². The third kappa shape index (κ3) is 2.83. The van der Waals surface area contributed by atoms with Crippen LogP contribution < -0.4 is 5.32 Å². The maximum atomic E-state index is 13.1. The Morgan fingerprint density at radius 3 is 2.64 bits per heavy atom. The summed E-state index contributed by atoms with van der Waals surface area (Å²) in [7, 11) is 0. The molecule has 0 fully saturated rings. The summed E-state index contributed by atoms with van der Waals surface area (Å²) in [5.41, 5.74) is 6.98. The van der Waals surface area contributed by atoms with Crippen LogP contribution in [0.25, 0.3) is 6.08 Å². The first-order valence-corrected chi connectivity index (χ1v) is 11.6. The van der Waals surface area contributed by atoms with Crippen molar-refractivity contribution in [2.45, 2.75) is 25.2 Å². The molecule has 2 atom stereocenters. The summed E-state index contributed by atoms with van der Waals surface area (Å²) in [5.74, 6) is -0.0605. The number of benzene rings is 2. The molecule has 1 aliphatic heterocycles. The van der Waals surface area contributed by atoms with Crippen molar-refractivity contribution in [1.82, 2.24) is 0 Å². The molecule has 28 heavy (non-hydrogen) atoms. The Hall–Kier alpha value is -1.69. The normalized spacial score (nSPS) is 20.0. The Morgan fingerprint density at radius 2 is 1.86 bits per heavy atom. The van der Waals surface area contributed by atoms with E-state index in [2.05, 4.69) is 85.9 Å². The van der Waals surface area contributed by atoms with Crippen LogP contribution in [0.2, 0.25) is 0 Å². The molecule has 140 valence electrons. The first kappa shape index (κ1) is 18.3. The van der Waals surface area contributed by atoms with E-state index in [1.54, 1.807) is 11.3 Å². The van der Waals surface area contributed by atoms with E-state index in [0.29, 0.717) is 0 Å². The number of carbonyl (C=O) groups excluding carboxylic acids is 1. The second kappa shape index (κ2) is 6.97. The predicted octanol–water partition coefficient (Wildman–Crippen LogP) is 7.04. The van der Waals surface area contributed by atoms with E-state index in [1.165, 1.54) is 21.6 Å². The number of hydrogen-bond donors (Lipinski definition) is 1. The number of rotatable bonds is 3. The van der Waals surface area contributed by atoms with Crippen molar-refractivity contribution in [2.24, 2.45) is 0 Å². The Bertz CT molecular complexity index is 1150. The Morgan fingerprint density at radius 1 is 1.04 bits per heavy atom. The Labute approximate surface area is 184 Å². The number of thiophene rings is 1. The molecule has 2 unspecified atom stereocenters. The van der Waals surface area contributed by atoms with Gasteiger partial charge in [-0.1, -0.05) is 51.8 Å². The number of fused-ring (bicyclic) bond motifs is 2.